The van der Waals surface area contributed by atoms with Gasteiger partial charge < -0.3 is 10.6 Å². The summed E-state index contributed by atoms with van der Waals surface area (Å²) in [5, 5.41) is 0. The van der Waals surface area contributed by atoms with E-state index in [1.54, 1.807) is 0 Å². The van der Waals surface area contributed by atoms with Gasteiger partial charge in [0.25, 0.3) is 0 Å². The summed E-state index contributed by atoms with van der Waals surface area (Å²) in [7, 11) is 0. The van der Waals surface area contributed by atoms with E-state index in [9.17, 15) is 0 Å². The van der Waals surface area contributed by atoms with Crippen LogP contribution in [0.15, 0.2) is 24.3 Å². The molecular formula is C16H26N2. The molecule has 0 atom stereocenters. The van der Waals surface area contributed by atoms with Crippen molar-refractivity contribution in [1.29, 1.82) is 0 Å². The molecule has 1 heterocycles. The molecule has 0 aromatic heterocycles. The van der Waals surface area contributed by atoms with Crippen molar-refractivity contribution in [2.24, 2.45) is 5.73 Å². The highest BCUT2D eigenvalue weighted by atomic mass is 15.1. The summed E-state index contributed by atoms with van der Waals surface area (Å²) >= 11 is 0. The van der Waals surface area contributed by atoms with Gasteiger partial charge in [-0.15, -0.1) is 0 Å². The van der Waals surface area contributed by atoms with Crippen molar-refractivity contribution in [2.75, 3.05) is 24.5 Å². The minimum absolute atomic E-state index is 0.847. The third-order valence-corrected chi connectivity index (χ3v) is 3.84. The van der Waals surface area contributed by atoms with E-state index in [4.69, 9.17) is 5.73 Å². The maximum Gasteiger partial charge on any atom is 0.0398 e. The number of hydrogen-bond acceptors (Lipinski definition) is 2. The molecule has 0 spiro atoms. The average Bonchev–Trinajstić information content (AvgIpc) is 2.43. The molecule has 1 aromatic rings. The van der Waals surface area contributed by atoms with E-state index >= 15 is 0 Å². The molecule has 0 unspecified atom stereocenters. The smallest absolute Gasteiger partial charge is 0.0398 e. The monoisotopic (exact) mass is 246 g/mol. The Morgan fingerprint density at radius 3 is 2.67 bits per heavy atom. The standard InChI is InChI=1S/C16H26N2/c17-12-6-2-1-3-7-13-18-14-8-10-15-9-4-5-11-16(15)18/h4-5,9,11H,1-3,6-8,10,12-14,17H2. The second-order valence-electron chi connectivity index (χ2n) is 5.28. The summed E-state index contributed by atoms with van der Waals surface area (Å²) in [6, 6.07) is 8.89. The number of hydrogen-bond donors (Lipinski definition) is 1. The Morgan fingerprint density at radius 1 is 1.00 bits per heavy atom. The lowest BCUT2D eigenvalue weighted by molar-refractivity contribution is 0.594. The zero-order chi connectivity index (χ0) is 12.6. The summed E-state index contributed by atoms with van der Waals surface area (Å²) in [5.74, 6) is 0. The van der Waals surface area contributed by atoms with E-state index in [2.05, 4.69) is 29.2 Å². The maximum atomic E-state index is 5.51. The van der Waals surface area contributed by atoms with Crippen LogP contribution in [0.1, 0.15) is 44.1 Å². The molecule has 0 aliphatic carbocycles. The van der Waals surface area contributed by atoms with Crippen LogP contribution < -0.4 is 10.6 Å². The Labute approximate surface area is 111 Å². The van der Waals surface area contributed by atoms with Crippen molar-refractivity contribution in [3.63, 3.8) is 0 Å². The number of nitrogens with two attached hydrogens (primary N) is 1. The van der Waals surface area contributed by atoms with Gasteiger partial charge in [-0.2, -0.15) is 0 Å². The molecule has 2 rings (SSSR count). The van der Waals surface area contributed by atoms with Crippen molar-refractivity contribution in [2.45, 2.75) is 44.9 Å². The van der Waals surface area contributed by atoms with E-state index in [0.29, 0.717) is 0 Å². The van der Waals surface area contributed by atoms with Crippen LogP contribution in [0.25, 0.3) is 0 Å². The molecule has 0 radical (unpaired) electrons. The van der Waals surface area contributed by atoms with Crippen LogP contribution in [0.4, 0.5) is 5.69 Å². The topological polar surface area (TPSA) is 29.3 Å². The number of benzene rings is 1. The van der Waals surface area contributed by atoms with Gasteiger partial charge in [0.1, 0.15) is 0 Å². The lowest BCUT2D eigenvalue weighted by Crippen LogP contribution is -2.30. The molecule has 2 N–H and O–H groups in total. The number of unbranched alkanes of at least 4 members (excludes halogenated alkanes) is 4. The van der Waals surface area contributed by atoms with Gasteiger partial charge in [0, 0.05) is 18.8 Å². The normalized spacial score (nSPS) is 14.6. The minimum atomic E-state index is 0.847. The molecule has 0 fully saturated rings. The van der Waals surface area contributed by atoms with Gasteiger partial charge in [-0.3, -0.25) is 0 Å². The number of nitrogens with zero attached hydrogens (tertiary/aromatic N) is 1. The van der Waals surface area contributed by atoms with Crippen LogP contribution in [0.3, 0.4) is 0 Å². The van der Waals surface area contributed by atoms with Gasteiger partial charge in [0.2, 0.25) is 0 Å². The highest BCUT2D eigenvalue weighted by Gasteiger charge is 2.14. The van der Waals surface area contributed by atoms with Crippen LogP contribution in [0, 0.1) is 0 Å². The highest BCUT2D eigenvalue weighted by molar-refractivity contribution is 5.55. The van der Waals surface area contributed by atoms with E-state index in [1.165, 1.54) is 69.3 Å². The van der Waals surface area contributed by atoms with E-state index in [0.717, 1.165) is 6.54 Å². The molecule has 100 valence electrons. The predicted molar refractivity (Wildman–Crippen MR) is 79.1 cm³/mol. The van der Waals surface area contributed by atoms with Crippen LogP contribution in [0.2, 0.25) is 0 Å². The van der Waals surface area contributed by atoms with E-state index in [1.807, 2.05) is 0 Å². The van der Waals surface area contributed by atoms with Gasteiger partial charge in [0.05, 0.1) is 0 Å². The highest BCUT2D eigenvalue weighted by Crippen LogP contribution is 2.26. The molecule has 0 amide bonds. The third-order valence-electron chi connectivity index (χ3n) is 3.84. The fourth-order valence-corrected chi connectivity index (χ4v) is 2.82. The van der Waals surface area contributed by atoms with Gasteiger partial charge >= 0.3 is 0 Å². The largest absolute Gasteiger partial charge is 0.371 e. The van der Waals surface area contributed by atoms with Crippen LogP contribution in [-0.2, 0) is 6.42 Å². The number of rotatable bonds is 7. The Hall–Kier alpha value is -1.02. The first-order valence-electron chi connectivity index (χ1n) is 7.45. The van der Waals surface area contributed by atoms with E-state index < -0.39 is 0 Å². The van der Waals surface area contributed by atoms with Crippen LogP contribution >= 0.6 is 0 Å². The summed E-state index contributed by atoms with van der Waals surface area (Å²) in [5.41, 5.74) is 8.52. The first-order chi connectivity index (χ1) is 8.92. The molecule has 2 heteroatoms. The lowest BCUT2D eigenvalue weighted by Gasteiger charge is -2.31. The zero-order valence-corrected chi connectivity index (χ0v) is 11.4. The SMILES string of the molecule is NCCCCCCCN1CCCc2ccccc21. The lowest BCUT2D eigenvalue weighted by atomic mass is 10.0. The van der Waals surface area contributed by atoms with Crippen LogP contribution in [0.5, 0.6) is 0 Å². The quantitative estimate of drug-likeness (QED) is 0.748. The molecule has 0 bridgehead atoms. The molecule has 18 heavy (non-hydrogen) atoms. The zero-order valence-electron chi connectivity index (χ0n) is 11.4. The predicted octanol–water partition coefficient (Wildman–Crippen LogP) is 3.35. The molecular weight excluding hydrogens is 220 g/mol. The molecule has 1 aliphatic heterocycles. The van der Waals surface area contributed by atoms with Crippen molar-refractivity contribution in [3.05, 3.63) is 29.8 Å². The van der Waals surface area contributed by atoms with Gasteiger partial charge in [-0.25, -0.2) is 0 Å². The molecule has 0 saturated carbocycles. The Morgan fingerprint density at radius 2 is 1.78 bits per heavy atom. The van der Waals surface area contributed by atoms with Crippen molar-refractivity contribution in [3.8, 4) is 0 Å². The third kappa shape index (κ3) is 3.74. The maximum absolute atomic E-state index is 5.51. The molecule has 1 aromatic carbocycles. The number of anilines is 1. The van der Waals surface area contributed by atoms with Gasteiger partial charge in [-0.05, 0) is 43.9 Å². The molecule has 2 nitrogen and oxygen atoms in total. The van der Waals surface area contributed by atoms with Crippen molar-refractivity contribution >= 4 is 5.69 Å². The van der Waals surface area contributed by atoms with Crippen molar-refractivity contribution < 1.29 is 0 Å². The fraction of sp³-hybridized carbons (Fsp3) is 0.625. The minimum Gasteiger partial charge on any atom is -0.371 e. The summed E-state index contributed by atoms with van der Waals surface area (Å²) in [6.45, 7) is 3.30. The fourth-order valence-electron chi connectivity index (χ4n) is 2.82. The summed E-state index contributed by atoms with van der Waals surface area (Å²) in [6.07, 6.45) is 9.05. The van der Waals surface area contributed by atoms with Gasteiger partial charge in [0.15, 0.2) is 0 Å². The molecule has 0 saturated heterocycles. The van der Waals surface area contributed by atoms with Gasteiger partial charge in [-0.1, -0.05) is 37.5 Å². The Balaban J connectivity index is 1.74. The number of aryl methyl sites for hydroxylation is 1. The second-order valence-corrected chi connectivity index (χ2v) is 5.28. The van der Waals surface area contributed by atoms with Crippen molar-refractivity contribution in [1.82, 2.24) is 0 Å². The Bertz CT molecular complexity index is 349. The molecule has 1 aliphatic rings. The number of para-hydroxylation sites is 1. The first-order valence-corrected chi connectivity index (χ1v) is 7.45. The first kappa shape index (κ1) is 13.4. The Kier molecular flexibility index (Phi) is 5.53. The van der Waals surface area contributed by atoms with Crippen LogP contribution in [-0.4, -0.2) is 19.6 Å². The number of fused-ring (bicyclic) bond motifs is 1. The summed E-state index contributed by atoms with van der Waals surface area (Å²) < 4.78 is 0. The van der Waals surface area contributed by atoms with E-state index in [-0.39, 0.29) is 0 Å². The average molecular weight is 246 g/mol. The second kappa shape index (κ2) is 7.42. The summed E-state index contributed by atoms with van der Waals surface area (Å²) in [4.78, 5) is 2.57.